The van der Waals surface area contributed by atoms with Crippen LogP contribution in [-0.2, 0) is 4.74 Å². The zero-order valence-electron chi connectivity index (χ0n) is 18.0. The summed E-state index contributed by atoms with van der Waals surface area (Å²) in [5.74, 6) is 0.839. The van der Waals surface area contributed by atoms with E-state index in [2.05, 4.69) is 15.2 Å². The van der Waals surface area contributed by atoms with Gasteiger partial charge < -0.3 is 25.8 Å². The molecule has 0 aromatic carbocycles. The van der Waals surface area contributed by atoms with Gasteiger partial charge in [-0.1, -0.05) is 19.3 Å². The summed E-state index contributed by atoms with van der Waals surface area (Å²) in [5, 5.41) is 19.9. The Bertz CT molecular complexity index is 754. The van der Waals surface area contributed by atoms with E-state index in [4.69, 9.17) is 15.6 Å². The number of rotatable bonds is 7. The highest BCUT2D eigenvalue weighted by atomic mass is 16.5. The lowest BCUT2D eigenvalue weighted by atomic mass is 9.92. The fourth-order valence-corrected chi connectivity index (χ4v) is 4.42. The van der Waals surface area contributed by atoms with E-state index >= 15 is 0 Å². The number of ether oxygens (including phenoxy) is 1. The quantitative estimate of drug-likeness (QED) is 0.610. The van der Waals surface area contributed by atoms with Gasteiger partial charge in [-0.3, -0.25) is 0 Å². The van der Waals surface area contributed by atoms with Crippen molar-refractivity contribution in [1.29, 1.82) is 10.8 Å². The molecule has 1 aromatic rings. The average molecular weight is 398 g/mol. The molecular formula is C23H35N5O. The van der Waals surface area contributed by atoms with Crippen LogP contribution in [0.1, 0.15) is 56.6 Å². The molecule has 2 atom stereocenters. The van der Waals surface area contributed by atoms with Gasteiger partial charge in [-0.15, -0.1) is 0 Å². The molecule has 3 rings (SSSR count). The molecule has 29 heavy (non-hydrogen) atoms. The third-order valence-electron chi connectivity index (χ3n) is 6.01. The number of anilines is 1. The van der Waals surface area contributed by atoms with E-state index < -0.39 is 0 Å². The molecule has 0 radical (unpaired) electrons. The molecule has 1 saturated heterocycles. The maximum Gasteiger partial charge on any atom is 0.138 e. The minimum Gasteiger partial charge on any atom is -0.378 e. The minimum absolute atomic E-state index is 0.107. The molecule has 158 valence electrons. The van der Waals surface area contributed by atoms with Crippen molar-refractivity contribution in [3.63, 3.8) is 0 Å². The molecule has 1 saturated carbocycles. The number of aromatic nitrogens is 1. The number of hydrogen-bond acceptors (Lipinski definition) is 6. The second-order valence-corrected chi connectivity index (χ2v) is 8.43. The molecule has 6 nitrogen and oxygen atoms in total. The fraction of sp³-hybridized carbons (Fsp3) is 0.609. The molecule has 0 unspecified atom stereocenters. The largest absolute Gasteiger partial charge is 0.378 e. The van der Waals surface area contributed by atoms with Crippen molar-refractivity contribution in [3.05, 3.63) is 35.5 Å². The van der Waals surface area contributed by atoms with E-state index in [0.29, 0.717) is 23.5 Å². The van der Waals surface area contributed by atoms with Crippen LogP contribution in [0.2, 0.25) is 0 Å². The maximum atomic E-state index is 8.49. The van der Waals surface area contributed by atoms with E-state index in [-0.39, 0.29) is 6.10 Å². The first-order valence-corrected chi connectivity index (χ1v) is 10.8. The normalized spacial score (nSPS) is 23.5. The van der Waals surface area contributed by atoms with Crippen LogP contribution in [0.15, 0.2) is 24.4 Å². The molecule has 0 spiro atoms. The summed E-state index contributed by atoms with van der Waals surface area (Å²) >= 11 is 0. The summed E-state index contributed by atoms with van der Waals surface area (Å²) in [4.78, 5) is 6.93. The second kappa shape index (κ2) is 10.1. The number of pyridine rings is 1. The van der Waals surface area contributed by atoms with Crippen molar-refractivity contribution >= 4 is 17.2 Å². The first kappa shape index (κ1) is 21.7. The first-order chi connectivity index (χ1) is 14.0. The van der Waals surface area contributed by atoms with Crippen LogP contribution in [0.3, 0.4) is 0 Å². The smallest absolute Gasteiger partial charge is 0.138 e. The number of aryl methyl sites for hydroxylation is 1. The molecule has 1 aromatic heterocycles. The van der Waals surface area contributed by atoms with E-state index in [9.17, 15) is 0 Å². The third kappa shape index (κ3) is 5.73. The summed E-state index contributed by atoms with van der Waals surface area (Å²) < 4.78 is 5.87. The third-order valence-corrected chi connectivity index (χ3v) is 6.01. The first-order valence-electron chi connectivity index (χ1n) is 10.8. The molecule has 2 aliphatic rings. The zero-order chi connectivity index (χ0) is 20.8. The van der Waals surface area contributed by atoms with E-state index in [1.165, 1.54) is 32.1 Å². The van der Waals surface area contributed by atoms with Gasteiger partial charge in [-0.2, -0.15) is 0 Å². The predicted molar refractivity (Wildman–Crippen MR) is 120 cm³/mol. The van der Waals surface area contributed by atoms with Gasteiger partial charge in [0.15, 0.2) is 0 Å². The van der Waals surface area contributed by atoms with E-state index in [1.54, 1.807) is 26.2 Å². The van der Waals surface area contributed by atoms with Crippen LogP contribution in [-0.4, -0.2) is 54.8 Å². The zero-order valence-corrected chi connectivity index (χ0v) is 18.0. The summed E-state index contributed by atoms with van der Waals surface area (Å²) in [6.45, 7) is 5.38. The number of allylic oxidation sites excluding steroid dienone is 2. The van der Waals surface area contributed by atoms with Gasteiger partial charge in [0.05, 0.1) is 11.8 Å². The monoisotopic (exact) mass is 397 g/mol. The van der Waals surface area contributed by atoms with Crippen LogP contribution in [0, 0.1) is 17.7 Å². The fourth-order valence-electron chi connectivity index (χ4n) is 4.42. The Balaban J connectivity index is 1.74. The topological polar surface area (TPSA) is 85.1 Å². The van der Waals surface area contributed by atoms with Crippen LogP contribution < -0.4 is 10.2 Å². The van der Waals surface area contributed by atoms with Crippen molar-refractivity contribution in [1.82, 2.24) is 10.3 Å². The molecule has 0 amide bonds. The van der Waals surface area contributed by atoms with Crippen LogP contribution >= 0.6 is 0 Å². The predicted octanol–water partition coefficient (Wildman–Crippen LogP) is 3.87. The molecule has 0 bridgehead atoms. The molecular weight excluding hydrogens is 362 g/mol. The number of nitrogens with zero attached hydrogens (tertiary/aromatic N) is 2. The lowest BCUT2D eigenvalue weighted by Gasteiger charge is -2.41. The van der Waals surface area contributed by atoms with E-state index in [1.807, 2.05) is 19.2 Å². The van der Waals surface area contributed by atoms with Crippen molar-refractivity contribution in [3.8, 4) is 0 Å². The molecule has 6 heteroatoms. The molecule has 1 aliphatic carbocycles. The van der Waals surface area contributed by atoms with Crippen LogP contribution in [0.5, 0.6) is 0 Å². The summed E-state index contributed by atoms with van der Waals surface area (Å²) in [7, 11) is 1.80. The van der Waals surface area contributed by atoms with Gasteiger partial charge in [-0.25, -0.2) is 4.98 Å². The Morgan fingerprint density at radius 3 is 2.66 bits per heavy atom. The number of methoxy groups -OCH3 is 1. The summed E-state index contributed by atoms with van der Waals surface area (Å²) in [6, 6.07) is 3.00. The van der Waals surface area contributed by atoms with Gasteiger partial charge in [0.25, 0.3) is 0 Å². The molecule has 2 heterocycles. The highest BCUT2D eigenvalue weighted by molar-refractivity contribution is 6.12. The van der Waals surface area contributed by atoms with Gasteiger partial charge in [0.1, 0.15) is 5.82 Å². The van der Waals surface area contributed by atoms with Gasteiger partial charge in [-0.05, 0) is 56.9 Å². The van der Waals surface area contributed by atoms with Crippen LogP contribution in [0.4, 0.5) is 5.82 Å². The Kier molecular flexibility index (Phi) is 7.56. The summed E-state index contributed by atoms with van der Waals surface area (Å²) in [6.07, 6.45) is 12.9. The van der Waals surface area contributed by atoms with E-state index in [0.717, 1.165) is 36.5 Å². The highest BCUT2D eigenvalue weighted by Crippen LogP contribution is 2.26. The number of hydrogen-bond donors (Lipinski definition) is 3. The lowest BCUT2D eigenvalue weighted by Crippen LogP contribution is -2.56. The highest BCUT2D eigenvalue weighted by Gasteiger charge is 2.32. The van der Waals surface area contributed by atoms with Crippen molar-refractivity contribution < 1.29 is 4.74 Å². The van der Waals surface area contributed by atoms with Crippen molar-refractivity contribution in [2.45, 2.75) is 70.6 Å². The van der Waals surface area contributed by atoms with Crippen molar-refractivity contribution in [2.24, 2.45) is 0 Å². The molecule has 3 N–H and O–H groups in total. The average Bonchev–Trinajstić information content (AvgIpc) is 2.73. The standard InChI is InChI=1S/C23H35N5O/c1-16-13-19(20(25)10-9-17(2)24)23(26-14-16)28-12-11-21(22(15-28)29-3)27-18-7-5-4-6-8-18/h9-10,13-14,18,21-22,24-25,27H,4-8,11-12,15H2,1-3H3/t21-,22+/m1/s1. The Hall–Kier alpha value is -2.05. The Morgan fingerprint density at radius 1 is 1.21 bits per heavy atom. The van der Waals surface area contributed by atoms with Gasteiger partial charge in [0.2, 0.25) is 0 Å². The van der Waals surface area contributed by atoms with Crippen LogP contribution in [0.25, 0.3) is 0 Å². The van der Waals surface area contributed by atoms with Gasteiger partial charge >= 0.3 is 0 Å². The SMILES string of the molecule is CO[C@H]1CN(c2ncc(C)cc2C(=N)C=CC(C)=N)CC[C@H]1NC1CCCCC1. The summed E-state index contributed by atoms with van der Waals surface area (Å²) in [5.41, 5.74) is 2.67. The second-order valence-electron chi connectivity index (χ2n) is 8.43. The Morgan fingerprint density at radius 2 is 1.97 bits per heavy atom. The minimum atomic E-state index is 0.107. The van der Waals surface area contributed by atoms with Gasteiger partial charge in [0, 0.05) is 49.8 Å². The lowest BCUT2D eigenvalue weighted by molar-refractivity contribution is 0.0534. The number of piperidine rings is 1. The Labute approximate surface area is 174 Å². The molecule has 2 fully saturated rings. The number of nitrogens with one attached hydrogen (secondary N) is 3. The molecule has 1 aliphatic heterocycles. The maximum absolute atomic E-state index is 8.49. The van der Waals surface area contributed by atoms with Crippen molar-refractivity contribution in [2.75, 3.05) is 25.1 Å².